The van der Waals surface area contributed by atoms with Crippen LogP contribution in [0.2, 0.25) is 0 Å². The Hall–Kier alpha value is -0.840. The molecular weight excluding hydrogens is 294 g/mol. The first-order chi connectivity index (χ1) is 9.62. The summed E-state index contributed by atoms with van der Waals surface area (Å²) in [6, 6.07) is 7.79. The number of hydrogen-bond donors (Lipinski definition) is 0. The molecule has 20 heavy (non-hydrogen) atoms. The molecule has 5 heteroatoms. The lowest BCUT2D eigenvalue weighted by Gasteiger charge is -2.25. The second-order valence-electron chi connectivity index (χ2n) is 5.02. The average Bonchev–Trinajstić information content (AvgIpc) is 2.48. The van der Waals surface area contributed by atoms with Crippen molar-refractivity contribution in [3.8, 4) is 0 Å². The Morgan fingerprint density at radius 3 is 2.65 bits per heavy atom. The highest BCUT2D eigenvalue weighted by Crippen LogP contribution is 2.14. The molecule has 1 fully saturated rings. The van der Waals surface area contributed by atoms with Gasteiger partial charge in [0.25, 0.3) is 0 Å². The minimum absolute atomic E-state index is 0.0676. The topological polar surface area (TPSA) is 37.4 Å². The predicted molar refractivity (Wildman–Crippen MR) is 84.2 cm³/mol. The number of benzene rings is 1. The maximum Gasteiger partial charge on any atom is 0.217 e. The Morgan fingerprint density at radius 1 is 1.20 bits per heavy atom. The van der Waals surface area contributed by atoms with E-state index in [2.05, 4.69) is 0 Å². The van der Waals surface area contributed by atoms with Crippen LogP contribution in [0.25, 0.3) is 6.08 Å². The molecule has 0 radical (unpaired) electrons. The molecule has 0 spiro atoms. The average molecular weight is 314 g/mol. The van der Waals surface area contributed by atoms with E-state index >= 15 is 0 Å². The smallest absolute Gasteiger partial charge is 0.212 e. The lowest BCUT2D eigenvalue weighted by Crippen LogP contribution is -2.36. The molecule has 3 nitrogen and oxygen atoms in total. The summed E-state index contributed by atoms with van der Waals surface area (Å²) < 4.78 is 25.9. The highest BCUT2D eigenvalue weighted by Gasteiger charge is 2.22. The fraction of sp³-hybridized carbons (Fsp3) is 0.467. The van der Waals surface area contributed by atoms with Gasteiger partial charge >= 0.3 is 0 Å². The molecule has 1 aromatic rings. The fourth-order valence-electron chi connectivity index (χ4n) is 2.33. The lowest BCUT2D eigenvalue weighted by molar-refractivity contribution is 0.348. The molecule has 1 heterocycles. The summed E-state index contributed by atoms with van der Waals surface area (Å²) in [4.78, 5) is 0. The molecule has 0 aliphatic carbocycles. The maximum absolute atomic E-state index is 12.2. The monoisotopic (exact) mass is 313 g/mol. The van der Waals surface area contributed by atoms with Crippen molar-refractivity contribution < 1.29 is 8.42 Å². The first-order valence-electron chi connectivity index (χ1n) is 6.91. The standard InChI is InChI=1S/C15H20ClNO2S/c16-13-15-7-4-6-14(12-15)8-5-11-20(18,19)17-9-2-1-3-10-17/h4-8,12H,1-3,9-11,13H2. The lowest BCUT2D eigenvalue weighted by atomic mass is 10.1. The van der Waals surface area contributed by atoms with E-state index in [0.29, 0.717) is 19.0 Å². The summed E-state index contributed by atoms with van der Waals surface area (Å²) in [7, 11) is -3.15. The fourth-order valence-corrected chi connectivity index (χ4v) is 3.87. The van der Waals surface area contributed by atoms with Crippen LogP contribution in [0.4, 0.5) is 0 Å². The van der Waals surface area contributed by atoms with Gasteiger partial charge < -0.3 is 0 Å². The Balaban J connectivity index is 1.97. The van der Waals surface area contributed by atoms with Gasteiger partial charge in [0.2, 0.25) is 10.0 Å². The molecule has 0 aromatic heterocycles. The van der Waals surface area contributed by atoms with Crippen LogP contribution in [0.1, 0.15) is 30.4 Å². The van der Waals surface area contributed by atoms with Crippen molar-refractivity contribution in [1.82, 2.24) is 4.31 Å². The molecule has 1 aromatic carbocycles. The molecule has 0 bridgehead atoms. The van der Waals surface area contributed by atoms with Crippen molar-refractivity contribution in [2.24, 2.45) is 0 Å². The van der Waals surface area contributed by atoms with Crippen molar-refractivity contribution in [1.29, 1.82) is 0 Å². The highest BCUT2D eigenvalue weighted by atomic mass is 35.5. The summed E-state index contributed by atoms with van der Waals surface area (Å²) in [5, 5.41) is 0. The second-order valence-corrected chi connectivity index (χ2v) is 7.30. The van der Waals surface area contributed by atoms with Crippen LogP contribution in [0.15, 0.2) is 30.3 Å². The second kappa shape index (κ2) is 7.25. The first-order valence-corrected chi connectivity index (χ1v) is 9.05. The van der Waals surface area contributed by atoms with Crippen LogP contribution in [0, 0.1) is 0 Å². The molecule has 1 aliphatic heterocycles. The minimum Gasteiger partial charge on any atom is -0.212 e. The van der Waals surface area contributed by atoms with E-state index < -0.39 is 10.0 Å². The first kappa shape index (κ1) is 15.5. The summed E-state index contributed by atoms with van der Waals surface area (Å²) in [6.07, 6.45) is 6.64. The Labute approximate surface area is 126 Å². The number of rotatable bonds is 5. The van der Waals surface area contributed by atoms with Gasteiger partial charge in [0, 0.05) is 19.0 Å². The Kier molecular flexibility index (Phi) is 5.64. The van der Waals surface area contributed by atoms with Crippen molar-refractivity contribution in [3.63, 3.8) is 0 Å². The SMILES string of the molecule is O=S(=O)(CC=Cc1cccc(CCl)c1)N1CCCCC1. The van der Waals surface area contributed by atoms with Crippen LogP contribution < -0.4 is 0 Å². The molecule has 110 valence electrons. The van der Waals surface area contributed by atoms with Gasteiger partial charge in [-0.25, -0.2) is 12.7 Å². The van der Waals surface area contributed by atoms with E-state index in [1.165, 1.54) is 0 Å². The molecule has 1 saturated heterocycles. The van der Waals surface area contributed by atoms with Crippen LogP contribution in [0.3, 0.4) is 0 Å². The van der Waals surface area contributed by atoms with Gasteiger partial charge in [-0.3, -0.25) is 0 Å². The zero-order chi connectivity index (χ0) is 14.4. The van der Waals surface area contributed by atoms with Gasteiger partial charge in [0.05, 0.1) is 5.75 Å². The number of sulfonamides is 1. The summed E-state index contributed by atoms with van der Waals surface area (Å²) in [5.41, 5.74) is 2.02. The molecule has 0 saturated carbocycles. The van der Waals surface area contributed by atoms with E-state index in [9.17, 15) is 8.42 Å². The van der Waals surface area contributed by atoms with Crippen molar-refractivity contribution in [3.05, 3.63) is 41.5 Å². The largest absolute Gasteiger partial charge is 0.217 e. The van der Waals surface area contributed by atoms with E-state index in [1.807, 2.05) is 30.3 Å². The third-order valence-corrected chi connectivity index (χ3v) is 5.51. The number of piperidine rings is 1. The van der Waals surface area contributed by atoms with Crippen LogP contribution in [0.5, 0.6) is 0 Å². The van der Waals surface area contributed by atoms with E-state index in [4.69, 9.17) is 11.6 Å². The van der Waals surface area contributed by atoms with Crippen molar-refractivity contribution >= 4 is 27.7 Å². The third kappa shape index (κ3) is 4.33. The van der Waals surface area contributed by atoms with Gasteiger partial charge in [-0.05, 0) is 24.0 Å². The van der Waals surface area contributed by atoms with Gasteiger partial charge in [-0.15, -0.1) is 11.6 Å². The van der Waals surface area contributed by atoms with Gasteiger partial charge in [-0.1, -0.05) is 42.8 Å². The molecule has 2 rings (SSSR count). The van der Waals surface area contributed by atoms with Crippen molar-refractivity contribution in [2.45, 2.75) is 25.1 Å². The summed E-state index contributed by atoms with van der Waals surface area (Å²) in [6.45, 7) is 1.33. The van der Waals surface area contributed by atoms with E-state index in [1.54, 1.807) is 10.4 Å². The highest BCUT2D eigenvalue weighted by molar-refractivity contribution is 7.89. The summed E-state index contributed by atoms with van der Waals surface area (Å²) >= 11 is 5.78. The van der Waals surface area contributed by atoms with Gasteiger partial charge in [-0.2, -0.15) is 0 Å². The number of nitrogens with zero attached hydrogens (tertiary/aromatic N) is 1. The number of alkyl halides is 1. The van der Waals surface area contributed by atoms with Crippen molar-refractivity contribution in [2.75, 3.05) is 18.8 Å². The zero-order valence-electron chi connectivity index (χ0n) is 11.5. The quantitative estimate of drug-likeness (QED) is 0.783. The van der Waals surface area contributed by atoms with Crippen LogP contribution in [-0.4, -0.2) is 31.6 Å². The minimum atomic E-state index is -3.15. The van der Waals surface area contributed by atoms with Gasteiger partial charge in [0.1, 0.15) is 0 Å². The van der Waals surface area contributed by atoms with Crippen LogP contribution in [-0.2, 0) is 15.9 Å². The molecule has 0 atom stereocenters. The number of hydrogen-bond acceptors (Lipinski definition) is 2. The predicted octanol–water partition coefficient (Wildman–Crippen LogP) is 3.25. The Bertz CT molecular complexity index is 563. The van der Waals surface area contributed by atoms with Gasteiger partial charge in [0.15, 0.2) is 0 Å². The number of halogens is 1. The van der Waals surface area contributed by atoms with E-state index in [0.717, 1.165) is 30.4 Å². The van der Waals surface area contributed by atoms with Crippen LogP contribution >= 0.6 is 11.6 Å². The molecule has 1 aliphatic rings. The normalized spacial score (nSPS) is 17.6. The zero-order valence-corrected chi connectivity index (χ0v) is 13.0. The Morgan fingerprint density at radius 2 is 1.95 bits per heavy atom. The summed E-state index contributed by atoms with van der Waals surface area (Å²) in [5.74, 6) is 0.534. The molecule has 0 amide bonds. The van der Waals surface area contributed by atoms with E-state index in [-0.39, 0.29) is 5.75 Å². The molecule has 0 unspecified atom stereocenters. The molecular formula is C15H20ClNO2S. The maximum atomic E-state index is 12.2. The third-order valence-electron chi connectivity index (χ3n) is 3.43. The molecule has 0 N–H and O–H groups in total.